The number of halogens is 1. The van der Waals surface area contributed by atoms with Crippen LogP contribution in [-0.4, -0.2) is 47.3 Å². The summed E-state index contributed by atoms with van der Waals surface area (Å²) in [6.07, 6.45) is 0. The number of hydrogen-bond donors (Lipinski definition) is 1. The summed E-state index contributed by atoms with van der Waals surface area (Å²) in [5.41, 5.74) is 2.72. The molecule has 1 saturated heterocycles. The number of hydrogen-bond acceptors (Lipinski definition) is 6. The van der Waals surface area contributed by atoms with E-state index in [0.717, 1.165) is 16.4 Å². The zero-order valence-corrected chi connectivity index (χ0v) is 16.4. The van der Waals surface area contributed by atoms with Crippen LogP contribution in [0.25, 0.3) is 11.3 Å². The van der Waals surface area contributed by atoms with Gasteiger partial charge in [-0.3, -0.25) is 5.32 Å². The van der Waals surface area contributed by atoms with Crippen LogP contribution in [0.3, 0.4) is 0 Å². The van der Waals surface area contributed by atoms with Crippen molar-refractivity contribution >= 4 is 28.4 Å². The van der Waals surface area contributed by atoms with Crippen molar-refractivity contribution in [1.29, 1.82) is 0 Å². The molecule has 146 valence electrons. The first-order valence-corrected chi connectivity index (χ1v) is 9.85. The third-order valence-corrected chi connectivity index (χ3v) is 5.76. The molecule has 2 amide bonds. The van der Waals surface area contributed by atoms with E-state index < -0.39 is 0 Å². The highest BCUT2D eigenvalue weighted by Gasteiger charge is 2.24. The lowest BCUT2D eigenvalue weighted by atomic mass is 10.2. The zero-order valence-electron chi connectivity index (χ0n) is 15.6. The molecule has 3 heterocycles. The third kappa shape index (κ3) is 3.57. The number of nitrogens with zero attached hydrogens (tertiary/aromatic N) is 4. The number of anilines is 2. The molecule has 0 bridgehead atoms. The van der Waals surface area contributed by atoms with Crippen LogP contribution < -0.4 is 10.2 Å². The van der Waals surface area contributed by atoms with Crippen molar-refractivity contribution < 1.29 is 13.7 Å². The predicted molar refractivity (Wildman–Crippen MR) is 106 cm³/mol. The highest BCUT2D eigenvalue weighted by molar-refractivity contribution is 7.14. The van der Waals surface area contributed by atoms with Gasteiger partial charge in [-0.2, -0.15) is 0 Å². The maximum atomic E-state index is 14.0. The Morgan fingerprint density at radius 2 is 1.96 bits per heavy atom. The summed E-state index contributed by atoms with van der Waals surface area (Å²) < 4.78 is 19.1. The first kappa shape index (κ1) is 18.4. The number of carbonyl (C=O) groups is 1. The van der Waals surface area contributed by atoms with Crippen LogP contribution in [0.2, 0.25) is 0 Å². The van der Waals surface area contributed by atoms with E-state index in [-0.39, 0.29) is 11.8 Å². The molecule has 4 rings (SSSR count). The number of carbonyl (C=O) groups excluding carboxylic acids is 1. The summed E-state index contributed by atoms with van der Waals surface area (Å²) in [6, 6.07) is 6.42. The summed E-state index contributed by atoms with van der Waals surface area (Å²) in [7, 11) is 0. The number of benzene rings is 1. The molecule has 1 aromatic carbocycles. The number of aromatic nitrogens is 2. The molecule has 2 aromatic heterocycles. The second kappa shape index (κ2) is 7.59. The summed E-state index contributed by atoms with van der Waals surface area (Å²) in [6.45, 7) is 6.13. The Balaban J connectivity index is 1.37. The number of thiazole rings is 1. The molecule has 0 aliphatic carbocycles. The standard InChI is InChI=1S/C19H20FN5O2S/c1-12-13(2)23-27-17(12)22-18(26)24-7-9-25(10-8-24)19-21-16(11-28-19)14-5-3-4-6-15(14)20/h3-6,11H,7-10H2,1-2H3,(H,22,26). The van der Waals surface area contributed by atoms with Gasteiger partial charge in [0.05, 0.1) is 11.4 Å². The van der Waals surface area contributed by atoms with Gasteiger partial charge >= 0.3 is 6.03 Å². The summed E-state index contributed by atoms with van der Waals surface area (Å²) in [5, 5.41) is 9.32. The predicted octanol–water partition coefficient (Wildman–Crippen LogP) is 3.91. The highest BCUT2D eigenvalue weighted by atomic mass is 32.1. The van der Waals surface area contributed by atoms with E-state index in [2.05, 4.69) is 20.4 Å². The van der Waals surface area contributed by atoms with E-state index in [1.165, 1.54) is 17.4 Å². The van der Waals surface area contributed by atoms with Crippen LogP contribution in [0.5, 0.6) is 0 Å². The fourth-order valence-corrected chi connectivity index (χ4v) is 3.89. The lowest BCUT2D eigenvalue weighted by molar-refractivity contribution is 0.207. The van der Waals surface area contributed by atoms with Gasteiger partial charge in [-0.05, 0) is 26.0 Å². The van der Waals surface area contributed by atoms with E-state index in [1.807, 2.05) is 19.2 Å². The molecule has 7 nitrogen and oxygen atoms in total. The largest absolute Gasteiger partial charge is 0.345 e. The summed E-state index contributed by atoms with van der Waals surface area (Å²) >= 11 is 1.48. The molecule has 3 aromatic rings. The number of piperazine rings is 1. The molecule has 1 N–H and O–H groups in total. The Morgan fingerprint density at radius 1 is 1.21 bits per heavy atom. The van der Waals surface area contributed by atoms with Crippen molar-refractivity contribution in [3.8, 4) is 11.3 Å². The van der Waals surface area contributed by atoms with E-state index in [9.17, 15) is 9.18 Å². The molecule has 9 heteroatoms. The quantitative estimate of drug-likeness (QED) is 0.720. The first-order chi connectivity index (χ1) is 13.5. The molecule has 0 saturated carbocycles. The average molecular weight is 401 g/mol. The van der Waals surface area contributed by atoms with Crippen molar-refractivity contribution in [1.82, 2.24) is 15.0 Å². The fraction of sp³-hybridized carbons (Fsp3) is 0.316. The molecule has 0 atom stereocenters. The molecule has 1 aliphatic rings. The van der Waals surface area contributed by atoms with Gasteiger partial charge in [-0.1, -0.05) is 17.3 Å². The van der Waals surface area contributed by atoms with Gasteiger partial charge < -0.3 is 14.3 Å². The molecule has 0 unspecified atom stereocenters. The maximum absolute atomic E-state index is 14.0. The van der Waals surface area contributed by atoms with E-state index in [0.29, 0.717) is 43.3 Å². The van der Waals surface area contributed by atoms with Crippen molar-refractivity contribution in [3.05, 3.63) is 46.7 Å². The SMILES string of the molecule is Cc1noc(NC(=O)N2CCN(c3nc(-c4ccccc4F)cs3)CC2)c1C. The zero-order chi connectivity index (χ0) is 19.7. The second-order valence-electron chi connectivity index (χ2n) is 6.62. The van der Waals surface area contributed by atoms with Crippen molar-refractivity contribution in [3.63, 3.8) is 0 Å². The first-order valence-electron chi connectivity index (χ1n) is 8.97. The van der Waals surface area contributed by atoms with Crippen LogP contribution in [0.15, 0.2) is 34.2 Å². The van der Waals surface area contributed by atoms with Gasteiger partial charge in [0.15, 0.2) is 5.13 Å². The van der Waals surface area contributed by atoms with Gasteiger partial charge in [-0.25, -0.2) is 14.2 Å². The van der Waals surface area contributed by atoms with Crippen molar-refractivity contribution in [2.24, 2.45) is 0 Å². The van der Waals surface area contributed by atoms with Gasteiger partial charge in [0.2, 0.25) is 5.88 Å². The number of amides is 2. The van der Waals surface area contributed by atoms with Gasteiger partial charge in [0.25, 0.3) is 0 Å². The number of rotatable bonds is 3. The Morgan fingerprint density at radius 3 is 2.64 bits per heavy atom. The Labute approximate surface area is 165 Å². The molecular weight excluding hydrogens is 381 g/mol. The topological polar surface area (TPSA) is 74.5 Å². The van der Waals surface area contributed by atoms with Gasteiger partial charge in [-0.15, -0.1) is 11.3 Å². The minimum absolute atomic E-state index is 0.204. The third-order valence-electron chi connectivity index (χ3n) is 4.86. The van der Waals surface area contributed by atoms with E-state index in [1.54, 1.807) is 23.1 Å². The van der Waals surface area contributed by atoms with Crippen LogP contribution in [-0.2, 0) is 0 Å². The van der Waals surface area contributed by atoms with Crippen molar-refractivity contribution in [2.45, 2.75) is 13.8 Å². The summed E-state index contributed by atoms with van der Waals surface area (Å²) in [5.74, 6) is 0.109. The fourth-order valence-electron chi connectivity index (χ4n) is 3.01. The van der Waals surface area contributed by atoms with Crippen LogP contribution >= 0.6 is 11.3 Å². The maximum Gasteiger partial charge on any atom is 0.324 e. The monoisotopic (exact) mass is 401 g/mol. The van der Waals surface area contributed by atoms with Gasteiger partial charge in [0.1, 0.15) is 5.82 Å². The van der Waals surface area contributed by atoms with Crippen LogP contribution in [0.4, 0.5) is 20.2 Å². The number of urea groups is 1. The molecule has 1 fully saturated rings. The molecular formula is C19H20FN5O2S. The lowest BCUT2D eigenvalue weighted by Gasteiger charge is -2.34. The average Bonchev–Trinajstić information content (AvgIpc) is 3.31. The van der Waals surface area contributed by atoms with E-state index in [4.69, 9.17) is 4.52 Å². The van der Waals surface area contributed by atoms with Gasteiger partial charge in [0, 0.05) is 42.7 Å². The molecule has 1 aliphatic heterocycles. The highest BCUT2D eigenvalue weighted by Crippen LogP contribution is 2.29. The smallest absolute Gasteiger partial charge is 0.324 e. The normalized spacial score (nSPS) is 14.4. The number of aryl methyl sites for hydroxylation is 1. The summed E-state index contributed by atoms with van der Waals surface area (Å²) in [4.78, 5) is 20.9. The Kier molecular flexibility index (Phi) is 4.99. The second-order valence-corrected chi connectivity index (χ2v) is 7.46. The minimum atomic E-state index is -0.279. The Bertz CT molecular complexity index is 994. The van der Waals surface area contributed by atoms with E-state index >= 15 is 0 Å². The van der Waals surface area contributed by atoms with Crippen LogP contribution in [0, 0.1) is 19.7 Å². The minimum Gasteiger partial charge on any atom is -0.345 e. The lowest BCUT2D eigenvalue weighted by Crippen LogP contribution is -2.50. The number of nitrogens with one attached hydrogen (secondary N) is 1. The molecule has 0 spiro atoms. The molecule has 0 radical (unpaired) electrons. The molecule has 28 heavy (non-hydrogen) atoms. The van der Waals surface area contributed by atoms with Crippen LogP contribution in [0.1, 0.15) is 11.3 Å². The van der Waals surface area contributed by atoms with Crippen molar-refractivity contribution in [2.75, 3.05) is 36.4 Å². The Hall–Kier alpha value is -2.94.